The molecule has 0 saturated heterocycles. The van der Waals surface area contributed by atoms with Gasteiger partial charge in [0.1, 0.15) is 5.71 Å². The first-order valence-corrected chi connectivity index (χ1v) is 5.54. The van der Waals surface area contributed by atoms with Crippen LogP contribution in [0.1, 0.15) is 18.4 Å². The van der Waals surface area contributed by atoms with Crippen LogP contribution in [-0.2, 0) is 11.3 Å². The third-order valence-electron chi connectivity index (χ3n) is 2.51. The summed E-state index contributed by atoms with van der Waals surface area (Å²) < 4.78 is 0. The largest absolute Gasteiger partial charge is 0.477 e. The molecule has 1 aliphatic heterocycles. The van der Waals surface area contributed by atoms with E-state index in [1.807, 2.05) is 42.6 Å². The second kappa shape index (κ2) is 5.30. The molecule has 1 heterocycles. The van der Waals surface area contributed by atoms with Crippen LogP contribution < -0.4 is 0 Å². The fraction of sp³-hybridized carbons (Fsp3) is 0.231. The number of aliphatic carboxylic acids is 1. The number of allylic oxidation sites excluding steroid dienone is 1. The van der Waals surface area contributed by atoms with E-state index in [9.17, 15) is 4.79 Å². The Morgan fingerprint density at radius 2 is 2.12 bits per heavy atom. The maximum Gasteiger partial charge on any atom is 0.352 e. The van der Waals surface area contributed by atoms with Crippen LogP contribution in [0.15, 0.2) is 47.7 Å². The van der Waals surface area contributed by atoms with E-state index in [0.717, 1.165) is 12.0 Å². The van der Waals surface area contributed by atoms with Crippen molar-refractivity contribution in [2.24, 2.45) is 5.10 Å². The van der Waals surface area contributed by atoms with Crippen LogP contribution in [0.5, 0.6) is 0 Å². The molecule has 0 fully saturated rings. The van der Waals surface area contributed by atoms with Crippen LogP contribution >= 0.6 is 0 Å². The maximum atomic E-state index is 10.9. The van der Waals surface area contributed by atoms with Gasteiger partial charge in [-0.1, -0.05) is 36.4 Å². The van der Waals surface area contributed by atoms with Crippen LogP contribution in [0.3, 0.4) is 0 Å². The van der Waals surface area contributed by atoms with Crippen LogP contribution in [0.2, 0.25) is 0 Å². The van der Waals surface area contributed by atoms with E-state index in [1.165, 1.54) is 0 Å². The molecule has 0 unspecified atom stereocenters. The molecule has 0 spiro atoms. The zero-order valence-corrected chi connectivity index (χ0v) is 9.41. The molecule has 1 aromatic rings. The van der Waals surface area contributed by atoms with E-state index in [2.05, 4.69) is 5.10 Å². The summed E-state index contributed by atoms with van der Waals surface area (Å²) in [6, 6.07) is 9.86. The Hall–Kier alpha value is -2.10. The van der Waals surface area contributed by atoms with Gasteiger partial charge in [0.25, 0.3) is 0 Å². The average molecular weight is 230 g/mol. The highest BCUT2D eigenvalue weighted by atomic mass is 16.4. The molecule has 0 atom stereocenters. The number of carboxylic acid groups (broad SMARTS) is 1. The fourth-order valence-electron chi connectivity index (χ4n) is 1.66. The molecule has 1 aliphatic rings. The standard InChI is InChI=1S/C13H14N2O2/c16-13(17)12-8-4-5-9-15(14-12)10-11-6-2-1-3-7-11/h1-3,5-7,9H,4,8,10H2,(H,16,17). The molecule has 0 bridgehead atoms. The van der Waals surface area contributed by atoms with Crippen molar-refractivity contribution in [1.29, 1.82) is 0 Å². The van der Waals surface area contributed by atoms with Gasteiger partial charge in [0.2, 0.25) is 0 Å². The van der Waals surface area contributed by atoms with E-state index >= 15 is 0 Å². The molecular weight excluding hydrogens is 216 g/mol. The molecule has 0 amide bonds. The van der Waals surface area contributed by atoms with Gasteiger partial charge in [-0.05, 0) is 12.0 Å². The van der Waals surface area contributed by atoms with E-state index in [0.29, 0.717) is 13.0 Å². The molecule has 1 N–H and O–H groups in total. The molecule has 17 heavy (non-hydrogen) atoms. The Morgan fingerprint density at radius 3 is 2.82 bits per heavy atom. The summed E-state index contributed by atoms with van der Waals surface area (Å²) in [6.07, 6.45) is 4.98. The Bertz CT molecular complexity index is 452. The van der Waals surface area contributed by atoms with Crippen molar-refractivity contribution in [3.8, 4) is 0 Å². The number of hydrogen-bond acceptors (Lipinski definition) is 3. The summed E-state index contributed by atoms with van der Waals surface area (Å²) >= 11 is 0. The average Bonchev–Trinajstić information content (AvgIpc) is 2.56. The quantitative estimate of drug-likeness (QED) is 0.866. The number of rotatable bonds is 3. The highest BCUT2D eigenvalue weighted by molar-refractivity contribution is 6.35. The number of carbonyl (C=O) groups is 1. The molecule has 1 aromatic carbocycles. The zero-order valence-electron chi connectivity index (χ0n) is 9.41. The second-order valence-electron chi connectivity index (χ2n) is 3.86. The Kier molecular flexibility index (Phi) is 3.55. The topological polar surface area (TPSA) is 52.9 Å². The molecule has 2 rings (SSSR count). The Balaban J connectivity index is 2.13. The number of carboxylic acids is 1. The first kappa shape index (κ1) is 11.4. The number of hydrazone groups is 1. The fourth-order valence-corrected chi connectivity index (χ4v) is 1.66. The minimum atomic E-state index is -0.938. The molecule has 0 radical (unpaired) electrons. The Morgan fingerprint density at radius 1 is 1.35 bits per heavy atom. The lowest BCUT2D eigenvalue weighted by atomic mass is 10.2. The molecule has 88 valence electrons. The minimum absolute atomic E-state index is 0.214. The summed E-state index contributed by atoms with van der Waals surface area (Å²) in [4.78, 5) is 10.9. The normalized spacial score (nSPS) is 15.3. The molecule has 4 heteroatoms. The van der Waals surface area contributed by atoms with Crippen molar-refractivity contribution >= 4 is 11.7 Å². The van der Waals surface area contributed by atoms with Gasteiger partial charge >= 0.3 is 5.97 Å². The van der Waals surface area contributed by atoms with Crippen LogP contribution in [0, 0.1) is 0 Å². The lowest BCUT2D eigenvalue weighted by molar-refractivity contribution is -0.129. The predicted octanol–water partition coefficient (Wildman–Crippen LogP) is 2.24. The molecule has 0 aliphatic carbocycles. The first-order valence-electron chi connectivity index (χ1n) is 5.54. The maximum absolute atomic E-state index is 10.9. The highest BCUT2D eigenvalue weighted by Gasteiger charge is 2.13. The number of benzene rings is 1. The van der Waals surface area contributed by atoms with E-state index in [-0.39, 0.29) is 5.71 Å². The number of nitrogens with zero attached hydrogens (tertiary/aromatic N) is 2. The van der Waals surface area contributed by atoms with Gasteiger partial charge in [0.05, 0.1) is 6.54 Å². The van der Waals surface area contributed by atoms with Crippen molar-refractivity contribution in [2.45, 2.75) is 19.4 Å². The highest BCUT2D eigenvalue weighted by Crippen LogP contribution is 2.10. The Labute approximate surface area is 99.9 Å². The molecule has 0 aromatic heterocycles. The minimum Gasteiger partial charge on any atom is -0.477 e. The summed E-state index contributed by atoms with van der Waals surface area (Å²) in [5, 5.41) is 14.8. The SMILES string of the molecule is O=C(O)C1=NN(Cc2ccccc2)C=CCC1. The van der Waals surface area contributed by atoms with Crippen molar-refractivity contribution in [3.63, 3.8) is 0 Å². The number of hydrogen-bond donors (Lipinski definition) is 1. The monoisotopic (exact) mass is 230 g/mol. The molecular formula is C13H14N2O2. The van der Waals surface area contributed by atoms with Gasteiger partial charge in [-0.25, -0.2) is 4.79 Å². The van der Waals surface area contributed by atoms with Crippen molar-refractivity contribution in [3.05, 3.63) is 48.2 Å². The predicted molar refractivity (Wildman–Crippen MR) is 65.4 cm³/mol. The third-order valence-corrected chi connectivity index (χ3v) is 2.51. The lowest BCUT2D eigenvalue weighted by Crippen LogP contribution is -2.17. The van der Waals surface area contributed by atoms with Crippen LogP contribution in [0.4, 0.5) is 0 Å². The van der Waals surface area contributed by atoms with Gasteiger partial charge < -0.3 is 5.11 Å². The van der Waals surface area contributed by atoms with Crippen LogP contribution in [0.25, 0.3) is 0 Å². The summed E-state index contributed by atoms with van der Waals surface area (Å²) in [6.45, 7) is 0.591. The molecule has 4 nitrogen and oxygen atoms in total. The van der Waals surface area contributed by atoms with Gasteiger partial charge in [0.15, 0.2) is 0 Å². The van der Waals surface area contributed by atoms with E-state index in [4.69, 9.17) is 5.11 Å². The van der Waals surface area contributed by atoms with Crippen LogP contribution in [-0.4, -0.2) is 21.8 Å². The van der Waals surface area contributed by atoms with Gasteiger partial charge in [-0.15, -0.1) is 0 Å². The third kappa shape index (κ3) is 3.17. The van der Waals surface area contributed by atoms with Gasteiger partial charge in [0, 0.05) is 12.6 Å². The lowest BCUT2D eigenvalue weighted by Gasteiger charge is -2.14. The second-order valence-corrected chi connectivity index (χ2v) is 3.86. The van der Waals surface area contributed by atoms with E-state index < -0.39 is 5.97 Å². The molecule has 0 saturated carbocycles. The zero-order chi connectivity index (χ0) is 12.1. The summed E-state index contributed by atoms with van der Waals surface area (Å²) in [5.41, 5.74) is 1.32. The van der Waals surface area contributed by atoms with Crippen molar-refractivity contribution < 1.29 is 9.90 Å². The first-order chi connectivity index (χ1) is 8.25. The summed E-state index contributed by atoms with van der Waals surface area (Å²) in [5.74, 6) is -0.938. The van der Waals surface area contributed by atoms with E-state index in [1.54, 1.807) is 5.01 Å². The summed E-state index contributed by atoms with van der Waals surface area (Å²) in [7, 11) is 0. The van der Waals surface area contributed by atoms with Gasteiger partial charge in [-0.2, -0.15) is 5.10 Å². The van der Waals surface area contributed by atoms with Gasteiger partial charge in [-0.3, -0.25) is 5.01 Å². The van der Waals surface area contributed by atoms with Crippen molar-refractivity contribution in [2.75, 3.05) is 0 Å². The van der Waals surface area contributed by atoms with Crippen molar-refractivity contribution in [1.82, 2.24) is 5.01 Å². The smallest absolute Gasteiger partial charge is 0.352 e.